The molecule has 84 valence electrons. The van der Waals surface area contributed by atoms with Crippen LogP contribution < -0.4 is 0 Å². The van der Waals surface area contributed by atoms with E-state index in [1.54, 1.807) is 25.7 Å². The molecule has 8 atom stereocenters. The molecule has 6 aliphatic carbocycles. The van der Waals surface area contributed by atoms with E-state index in [1.807, 2.05) is 0 Å². The number of hydrogen-bond acceptors (Lipinski definition) is 0. The summed E-state index contributed by atoms with van der Waals surface area (Å²) < 4.78 is 0. The van der Waals surface area contributed by atoms with Crippen LogP contribution in [0, 0.1) is 46.8 Å². The highest BCUT2D eigenvalue weighted by molar-refractivity contribution is 5.17. The van der Waals surface area contributed by atoms with Crippen molar-refractivity contribution in [3.63, 3.8) is 0 Å². The zero-order chi connectivity index (χ0) is 10.4. The van der Waals surface area contributed by atoms with Crippen LogP contribution in [0.2, 0.25) is 0 Å². The van der Waals surface area contributed by atoms with E-state index in [0.29, 0.717) is 0 Å². The second kappa shape index (κ2) is 2.46. The number of fused-ring (bicyclic) bond motifs is 1. The maximum atomic E-state index is 2.64. The molecule has 6 fully saturated rings. The summed E-state index contributed by atoms with van der Waals surface area (Å²) in [5, 5.41) is 0. The summed E-state index contributed by atoms with van der Waals surface area (Å²) in [6.07, 6.45) is 6.32. The highest BCUT2D eigenvalue weighted by Crippen LogP contribution is 2.75. The molecule has 0 heterocycles. The van der Waals surface area contributed by atoms with E-state index in [-0.39, 0.29) is 0 Å². The van der Waals surface area contributed by atoms with Crippen molar-refractivity contribution in [1.82, 2.24) is 0 Å². The number of rotatable bonds is 0. The predicted molar refractivity (Wildman–Crippen MR) is 62.4 cm³/mol. The minimum absolute atomic E-state index is 0.777. The molecular weight excluding hydrogens is 180 g/mol. The number of hydrogen-bond donors (Lipinski definition) is 0. The Morgan fingerprint density at radius 1 is 1.00 bits per heavy atom. The summed E-state index contributed by atoms with van der Waals surface area (Å²) in [6.45, 7) is 7.75. The first kappa shape index (κ1) is 9.07. The van der Waals surface area contributed by atoms with Gasteiger partial charge in [-0.25, -0.2) is 0 Å². The molecule has 0 nitrogen and oxygen atoms in total. The van der Waals surface area contributed by atoms with E-state index in [0.717, 1.165) is 46.8 Å². The second-order valence-electron chi connectivity index (χ2n) is 7.39. The van der Waals surface area contributed by atoms with Crippen molar-refractivity contribution in [3.8, 4) is 0 Å². The molecule has 0 aromatic rings. The normalized spacial score (nSPS) is 70.2. The van der Waals surface area contributed by atoms with Crippen LogP contribution in [0.15, 0.2) is 0 Å². The van der Waals surface area contributed by atoms with Gasteiger partial charge in [-0.05, 0) is 72.5 Å². The van der Waals surface area contributed by atoms with Gasteiger partial charge in [-0.3, -0.25) is 0 Å². The first-order valence-electron chi connectivity index (χ1n) is 7.14. The van der Waals surface area contributed by atoms with Crippen LogP contribution in [-0.4, -0.2) is 0 Å². The van der Waals surface area contributed by atoms with Crippen LogP contribution in [0.3, 0.4) is 0 Å². The van der Waals surface area contributed by atoms with E-state index in [2.05, 4.69) is 20.8 Å². The van der Waals surface area contributed by atoms with Gasteiger partial charge in [0, 0.05) is 0 Å². The molecule has 6 aliphatic rings. The lowest BCUT2D eigenvalue weighted by Gasteiger charge is -2.74. The first-order valence-corrected chi connectivity index (χ1v) is 7.14. The molecule has 6 saturated carbocycles. The minimum atomic E-state index is 0.777. The topological polar surface area (TPSA) is 0 Å². The third-order valence-corrected chi connectivity index (χ3v) is 7.50. The Kier molecular flexibility index (Phi) is 1.49. The Balaban J connectivity index is 1.81. The molecule has 0 N–H and O–H groups in total. The van der Waals surface area contributed by atoms with E-state index >= 15 is 0 Å². The molecule has 0 heteroatoms. The maximum absolute atomic E-state index is 2.64. The van der Waals surface area contributed by atoms with Gasteiger partial charge in [0.2, 0.25) is 0 Å². The SMILES string of the molecule is CC1C2CCC3CC2C2(C)C(C)CC2C31. The molecule has 0 aliphatic heterocycles. The van der Waals surface area contributed by atoms with Gasteiger partial charge in [-0.2, -0.15) is 0 Å². The summed E-state index contributed by atoms with van der Waals surface area (Å²) in [4.78, 5) is 0. The van der Waals surface area contributed by atoms with E-state index in [4.69, 9.17) is 0 Å². The van der Waals surface area contributed by atoms with Gasteiger partial charge >= 0.3 is 0 Å². The second-order valence-corrected chi connectivity index (χ2v) is 7.39. The van der Waals surface area contributed by atoms with Crippen LogP contribution in [0.5, 0.6) is 0 Å². The van der Waals surface area contributed by atoms with Gasteiger partial charge in [0.25, 0.3) is 0 Å². The fourth-order valence-electron chi connectivity index (χ4n) is 6.64. The van der Waals surface area contributed by atoms with Crippen molar-refractivity contribution in [2.45, 2.75) is 46.5 Å². The zero-order valence-corrected chi connectivity index (χ0v) is 10.4. The average Bonchev–Trinajstić information content (AvgIpc) is 2.25. The molecule has 0 spiro atoms. The highest BCUT2D eigenvalue weighted by Gasteiger charge is 2.68. The quantitative estimate of drug-likeness (QED) is 0.560. The Hall–Kier alpha value is 0. The van der Waals surface area contributed by atoms with Crippen molar-refractivity contribution in [2.24, 2.45) is 46.8 Å². The van der Waals surface area contributed by atoms with Crippen LogP contribution >= 0.6 is 0 Å². The minimum Gasteiger partial charge on any atom is -0.0620 e. The van der Waals surface area contributed by atoms with Crippen LogP contribution in [0.4, 0.5) is 0 Å². The third kappa shape index (κ3) is 0.775. The monoisotopic (exact) mass is 204 g/mol. The Morgan fingerprint density at radius 2 is 1.80 bits per heavy atom. The molecule has 15 heavy (non-hydrogen) atoms. The predicted octanol–water partition coefficient (Wildman–Crippen LogP) is 3.96. The summed E-state index contributed by atoms with van der Waals surface area (Å²) in [6, 6.07) is 0. The van der Waals surface area contributed by atoms with Crippen LogP contribution in [0.1, 0.15) is 46.5 Å². The van der Waals surface area contributed by atoms with Gasteiger partial charge in [0.15, 0.2) is 0 Å². The van der Waals surface area contributed by atoms with Crippen molar-refractivity contribution >= 4 is 0 Å². The summed E-state index contributed by atoms with van der Waals surface area (Å²) in [5.74, 6) is 7.74. The lowest BCUT2D eigenvalue weighted by Crippen LogP contribution is -2.68. The zero-order valence-electron chi connectivity index (χ0n) is 10.4. The summed E-state index contributed by atoms with van der Waals surface area (Å²) in [7, 11) is 0. The highest BCUT2D eigenvalue weighted by atomic mass is 14.7. The van der Waals surface area contributed by atoms with Gasteiger partial charge in [-0.1, -0.05) is 20.8 Å². The van der Waals surface area contributed by atoms with Crippen molar-refractivity contribution < 1.29 is 0 Å². The third-order valence-electron chi connectivity index (χ3n) is 7.50. The van der Waals surface area contributed by atoms with E-state index < -0.39 is 0 Å². The van der Waals surface area contributed by atoms with Crippen molar-refractivity contribution in [3.05, 3.63) is 0 Å². The van der Waals surface area contributed by atoms with Gasteiger partial charge in [-0.15, -0.1) is 0 Å². The van der Waals surface area contributed by atoms with Gasteiger partial charge in [0.1, 0.15) is 0 Å². The summed E-state index contributed by atoms with van der Waals surface area (Å²) >= 11 is 0. The largest absolute Gasteiger partial charge is 0.0620 e. The van der Waals surface area contributed by atoms with Gasteiger partial charge in [0.05, 0.1) is 0 Å². The molecule has 0 aromatic heterocycles. The lowest BCUT2D eigenvalue weighted by molar-refractivity contribution is -0.261. The van der Waals surface area contributed by atoms with Crippen molar-refractivity contribution in [2.75, 3.05) is 0 Å². The molecular formula is C15H24. The molecule has 8 unspecified atom stereocenters. The Morgan fingerprint density at radius 3 is 2.47 bits per heavy atom. The van der Waals surface area contributed by atoms with E-state index in [9.17, 15) is 0 Å². The van der Waals surface area contributed by atoms with Gasteiger partial charge < -0.3 is 0 Å². The standard InChI is InChI=1S/C15H24/c1-8-6-13-14-9(2)11-5-4-10(14)7-12(11)15(8,13)3/h8-14H,4-7H2,1-3H3. The first-order chi connectivity index (χ1) is 7.14. The Bertz CT molecular complexity index is 305. The smallest absolute Gasteiger partial charge is 0.0238 e. The van der Waals surface area contributed by atoms with Crippen LogP contribution in [-0.2, 0) is 0 Å². The van der Waals surface area contributed by atoms with Crippen LogP contribution in [0.25, 0.3) is 0 Å². The lowest BCUT2D eigenvalue weighted by atomic mass is 9.30. The molecule has 6 rings (SSSR count). The van der Waals surface area contributed by atoms with E-state index in [1.165, 1.54) is 0 Å². The average molecular weight is 204 g/mol. The van der Waals surface area contributed by atoms with Crippen molar-refractivity contribution in [1.29, 1.82) is 0 Å². The fourth-order valence-corrected chi connectivity index (χ4v) is 6.64. The Labute approximate surface area is 93.8 Å². The molecule has 0 aromatic carbocycles. The maximum Gasteiger partial charge on any atom is -0.0238 e. The molecule has 0 amide bonds. The molecule has 0 radical (unpaired) electrons. The fraction of sp³-hybridized carbons (Fsp3) is 1.00. The molecule has 4 bridgehead atoms. The molecule has 0 saturated heterocycles. The summed E-state index contributed by atoms with van der Waals surface area (Å²) in [5.41, 5.74) is 0.777.